The van der Waals surface area contributed by atoms with Crippen molar-refractivity contribution in [2.75, 3.05) is 6.54 Å². The van der Waals surface area contributed by atoms with Crippen molar-refractivity contribution in [2.24, 2.45) is 5.73 Å². The van der Waals surface area contributed by atoms with Gasteiger partial charge in [-0.25, -0.2) is 0 Å². The van der Waals surface area contributed by atoms with Crippen molar-refractivity contribution in [2.45, 2.75) is 18.5 Å². The monoisotopic (exact) mass is 162 g/mol. The Kier molecular flexibility index (Phi) is 5.08. The highest BCUT2D eigenvalue weighted by atomic mass is 31.1. The van der Waals surface area contributed by atoms with Gasteiger partial charge in [0, 0.05) is 8.37 Å². The molecule has 4 N–H and O–H groups in total. The van der Waals surface area contributed by atoms with E-state index in [1.807, 2.05) is 0 Å². The molecule has 0 fully saturated rings. The molecule has 10 heavy (non-hydrogen) atoms. The van der Waals surface area contributed by atoms with Crippen LogP contribution in [0.4, 0.5) is 0 Å². The first-order valence-corrected chi connectivity index (χ1v) is 3.98. The average molecular weight is 162 g/mol. The third-order valence-electron chi connectivity index (χ3n) is 1.12. The fourth-order valence-electron chi connectivity index (χ4n) is 0.554. The summed E-state index contributed by atoms with van der Waals surface area (Å²) in [6.07, 6.45) is 1.19. The van der Waals surface area contributed by atoms with Gasteiger partial charge in [0.05, 0.1) is 0 Å². The number of aliphatic carboxylic acids is 1. The molecule has 1 atom stereocenters. The Hall–Kier alpha value is -0.470. The summed E-state index contributed by atoms with van der Waals surface area (Å²) in [5.74, 6) is -0.898. The summed E-state index contributed by atoms with van der Waals surface area (Å²) < 4.78 is 0. The van der Waals surface area contributed by atoms with Gasteiger partial charge < -0.3 is 10.8 Å². The smallest absolute Gasteiger partial charge is 0.316 e. The minimum absolute atomic E-state index is 0.173. The second-order valence-corrected chi connectivity index (χ2v) is 2.80. The molecule has 5 heteroatoms. The lowest BCUT2D eigenvalue weighted by Crippen LogP contribution is -2.14. The molecule has 0 amide bonds. The van der Waals surface area contributed by atoms with Gasteiger partial charge in [0.15, 0.2) is 0 Å². The number of hydrogen-bond donors (Lipinski definition) is 3. The quantitative estimate of drug-likeness (QED) is 0.524. The van der Waals surface area contributed by atoms with Gasteiger partial charge in [0.1, 0.15) is 5.66 Å². The van der Waals surface area contributed by atoms with Crippen LogP contribution in [0.25, 0.3) is 0 Å². The number of hydrogen-bond acceptors (Lipinski definition) is 3. The van der Waals surface area contributed by atoms with E-state index in [-0.39, 0.29) is 8.37 Å². The Balaban J connectivity index is 3.60. The van der Waals surface area contributed by atoms with E-state index in [0.717, 1.165) is 0 Å². The van der Waals surface area contributed by atoms with Gasteiger partial charge in [0.2, 0.25) is 0 Å². The highest BCUT2D eigenvalue weighted by Gasteiger charge is 2.13. The van der Waals surface area contributed by atoms with Crippen LogP contribution in [0.1, 0.15) is 12.8 Å². The zero-order valence-corrected chi connectivity index (χ0v) is 6.47. The average Bonchev–Trinajstić information content (AvgIpc) is 1.89. The van der Waals surface area contributed by atoms with E-state index < -0.39 is 11.6 Å². The van der Waals surface area contributed by atoms with Gasteiger partial charge in [-0.15, -0.1) is 0 Å². The molecule has 58 valence electrons. The van der Waals surface area contributed by atoms with Crippen LogP contribution in [0.15, 0.2) is 0 Å². The Morgan fingerprint density at radius 1 is 1.80 bits per heavy atom. The molecule has 0 rings (SSSR count). The van der Waals surface area contributed by atoms with Crippen molar-refractivity contribution < 1.29 is 9.90 Å². The Labute approximate surface area is 61.1 Å². The van der Waals surface area contributed by atoms with E-state index >= 15 is 0 Å². The summed E-state index contributed by atoms with van der Waals surface area (Å²) in [6.45, 7) is 0.499. The van der Waals surface area contributed by atoms with Crippen LogP contribution >= 0.6 is 8.37 Å². The molecule has 0 bridgehead atoms. The highest BCUT2D eigenvalue weighted by Crippen LogP contribution is 2.12. The standard InChI is InChI=1S/C5H11N2O2P/c6-3-1-2-4(10-7)5(8)9/h4,7H,1-3,6H2,(H,8,9). The minimum Gasteiger partial charge on any atom is -0.480 e. The molecule has 0 aliphatic heterocycles. The van der Waals surface area contributed by atoms with Gasteiger partial charge in [-0.3, -0.25) is 9.96 Å². The molecule has 0 saturated carbocycles. The predicted octanol–water partition coefficient (Wildman–Crippen LogP) is 0.887. The summed E-state index contributed by atoms with van der Waals surface area (Å²) in [5.41, 5.74) is 4.62. The molecule has 0 aromatic rings. The summed E-state index contributed by atoms with van der Waals surface area (Å²) in [6, 6.07) is 0. The van der Waals surface area contributed by atoms with Crippen LogP contribution in [-0.4, -0.2) is 23.3 Å². The third-order valence-corrected chi connectivity index (χ3v) is 1.91. The van der Waals surface area contributed by atoms with E-state index in [1.165, 1.54) is 0 Å². The number of rotatable bonds is 5. The van der Waals surface area contributed by atoms with E-state index in [1.54, 1.807) is 0 Å². The largest absolute Gasteiger partial charge is 0.480 e. The molecule has 0 spiro atoms. The van der Waals surface area contributed by atoms with E-state index in [4.69, 9.17) is 16.0 Å². The van der Waals surface area contributed by atoms with Gasteiger partial charge in [-0.2, -0.15) is 0 Å². The van der Waals surface area contributed by atoms with Crippen molar-refractivity contribution >= 4 is 14.3 Å². The van der Waals surface area contributed by atoms with E-state index in [2.05, 4.69) is 0 Å². The SMILES string of the molecule is N=PC(CCCN)C(=O)O. The molecule has 0 radical (unpaired) electrons. The second-order valence-electron chi connectivity index (χ2n) is 1.91. The summed E-state index contributed by atoms with van der Waals surface area (Å²) in [5, 5.41) is 15.3. The number of carboxylic acid groups (broad SMARTS) is 1. The molecule has 0 heterocycles. The van der Waals surface area contributed by atoms with Crippen LogP contribution in [0.2, 0.25) is 0 Å². The van der Waals surface area contributed by atoms with E-state index in [0.29, 0.717) is 19.4 Å². The molecular weight excluding hydrogens is 151 g/mol. The first-order chi connectivity index (χ1) is 4.72. The summed E-state index contributed by atoms with van der Waals surface area (Å²) >= 11 is 0. The lowest BCUT2D eigenvalue weighted by atomic mass is 10.2. The van der Waals surface area contributed by atoms with Crippen molar-refractivity contribution in [1.82, 2.24) is 0 Å². The maximum atomic E-state index is 10.3. The molecular formula is C5H11N2O2P. The van der Waals surface area contributed by atoms with E-state index in [9.17, 15) is 4.79 Å². The van der Waals surface area contributed by atoms with Gasteiger partial charge in [-0.05, 0) is 19.4 Å². The zero-order chi connectivity index (χ0) is 7.98. The van der Waals surface area contributed by atoms with Crippen LogP contribution in [0, 0.1) is 5.16 Å². The first-order valence-electron chi connectivity index (χ1n) is 3.01. The number of carbonyl (C=O) groups is 1. The fraction of sp³-hybridized carbons (Fsp3) is 0.800. The fourth-order valence-corrected chi connectivity index (χ4v) is 0.977. The van der Waals surface area contributed by atoms with Crippen molar-refractivity contribution in [3.8, 4) is 0 Å². The van der Waals surface area contributed by atoms with Crippen molar-refractivity contribution in [3.05, 3.63) is 0 Å². The predicted molar refractivity (Wildman–Crippen MR) is 39.4 cm³/mol. The van der Waals surface area contributed by atoms with Crippen LogP contribution in [0.3, 0.4) is 0 Å². The summed E-state index contributed by atoms with van der Waals surface area (Å²) in [7, 11) is 0.173. The topological polar surface area (TPSA) is 87.2 Å². The zero-order valence-electron chi connectivity index (χ0n) is 5.58. The highest BCUT2D eigenvalue weighted by molar-refractivity contribution is 7.27. The summed E-state index contributed by atoms with van der Waals surface area (Å²) in [4.78, 5) is 10.3. The first kappa shape index (κ1) is 9.53. The van der Waals surface area contributed by atoms with Crippen molar-refractivity contribution in [1.29, 1.82) is 5.16 Å². The Morgan fingerprint density at radius 2 is 2.40 bits per heavy atom. The Morgan fingerprint density at radius 3 is 2.70 bits per heavy atom. The Bertz CT molecular complexity index is 129. The lowest BCUT2D eigenvalue weighted by molar-refractivity contribution is -0.136. The molecule has 0 aliphatic rings. The van der Waals surface area contributed by atoms with Gasteiger partial charge >= 0.3 is 5.97 Å². The molecule has 1 unspecified atom stereocenters. The van der Waals surface area contributed by atoms with Gasteiger partial charge in [0.25, 0.3) is 0 Å². The molecule has 4 nitrogen and oxygen atoms in total. The van der Waals surface area contributed by atoms with Gasteiger partial charge in [-0.1, -0.05) is 0 Å². The molecule has 0 aromatic heterocycles. The number of nitrogens with two attached hydrogens (primary N) is 1. The van der Waals surface area contributed by atoms with Crippen LogP contribution < -0.4 is 5.73 Å². The number of carboxylic acids is 1. The normalized spacial score (nSPS) is 13.3. The molecule has 0 aromatic carbocycles. The van der Waals surface area contributed by atoms with Crippen LogP contribution in [0.5, 0.6) is 0 Å². The minimum atomic E-state index is -0.898. The van der Waals surface area contributed by atoms with Crippen LogP contribution in [-0.2, 0) is 4.79 Å². The molecule has 0 aliphatic carbocycles. The second kappa shape index (κ2) is 5.33. The maximum Gasteiger partial charge on any atom is 0.316 e. The maximum absolute atomic E-state index is 10.3. The van der Waals surface area contributed by atoms with Crippen molar-refractivity contribution in [3.63, 3.8) is 0 Å². The molecule has 0 saturated heterocycles. The number of nitrogens with one attached hydrogen (secondary N) is 1. The third kappa shape index (κ3) is 3.54. The lowest BCUT2D eigenvalue weighted by Gasteiger charge is -2.01.